The highest BCUT2D eigenvalue weighted by Gasteiger charge is 2.25. The van der Waals surface area contributed by atoms with Crippen LogP contribution in [0.25, 0.3) is 0 Å². The van der Waals surface area contributed by atoms with Crippen molar-refractivity contribution in [1.29, 1.82) is 0 Å². The first-order valence-corrected chi connectivity index (χ1v) is 7.54. The summed E-state index contributed by atoms with van der Waals surface area (Å²) in [5, 5.41) is 21.5. The zero-order chi connectivity index (χ0) is 15.3. The van der Waals surface area contributed by atoms with Crippen LogP contribution in [0, 0.1) is 10.1 Å². The molecule has 1 N–H and O–H groups in total. The van der Waals surface area contributed by atoms with Gasteiger partial charge in [-0.05, 0) is 27.4 Å². The van der Waals surface area contributed by atoms with E-state index in [4.69, 9.17) is 0 Å². The molecule has 114 valence electrons. The minimum absolute atomic E-state index is 0.0955. The van der Waals surface area contributed by atoms with Crippen LogP contribution in [-0.2, 0) is 0 Å². The van der Waals surface area contributed by atoms with Crippen molar-refractivity contribution in [1.82, 2.24) is 4.90 Å². The lowest BCUT2D eigenvalue weighted by atomic mass is 10.3. The van der Waals surface area contributed by atoms with Gasteiger partial charge in [-0.2, -0.15) is 0 Å². The van der Waals surface area contributed by atoms with Crippen molar-refractivity contribution < 1.29 is 10.0 Å². The van der Waals surface area contributed by atoms with Crippen LogP contribution in [0.3, 0.4) is 0 Å². The molecule has 0 aliphatic carbocycles. The van der Waals surface area contributed by atoms with Gasteiger partial charge in [-0.25, -0.2) is 0 Å². The van der Waals surface area contributed by atoms with Gasteiger partial charge in [0.25, 0.3) is 0 Å². The fourth-order valence-electron chi connectivity index (χ4n) is 1.86. The number of thiophene rings is 1. The van der Waals surface area contributed by atoms with Gasteiger partial charge in [-0.15, -0.1) is 11.3 Å². The van der Waals surface area contributed by atoms with E-state index in [9.17, 15) is 15.2 Å². The first-order valence-electron chi connectivity index (χ1n) is 6.72. The van der Waals surface area contributed by atoms with Crippen LogP contribution in [0.5, 0.6) is 0 Å². The summed E-state index contributed by atoms with van der Waals surface area (Å²) in [6.07, 6.45) is 0.247. The minimum Gasteiger partial charge on any atom is -0.388 e. The Balaban J connectivity index is 3.06. The average Bonchev–Trinajstić information content (AvgIpc) is 2.79. The van der Waals surface area contributed by atoms with Gasteiger partial charge < -0.3 is 14.9 Å². The second-order valence-electron chi connectivity index (χ2n) is 5.06. The van der Waals surface area contributed by atoms with Crippen molar-refractivity contribution in [3.05, 3.63) is 21.1 Å². The van der Waals surface area contributed by atoms with Gasteiger partial charge in [0.1, 0.15) is 0 Å². The molecule has 1 aromatic rings. The Labute approximate surface area is 123 Å². The van der Waals surface area contributed by atoms with Gasteiger partial charge >= 0.3 is 5.69 Å². The van der Waals surface area contributed by atoms with Gasteiger partial charge in [-0.3, -0.25) is 10.1 Å². The predicted octanol–water partition coefficient (Wildman–Crippen LogP) is 2.49. The number of rotatable bonds is 8. The summed E-state index contributed by atoms with van der Waals surface area (Å²) >= 11 is 1.31. The van der Waals surface area contributed by atoms with Crippen molar-refractivity contribution in [2.45, 2.75) is 26.4 Å². The molecule has 0 saturated heterocycles. The molecule has 0 radical (unpaired) electrons. The van der Waals surface area contributed by atoms with Crippen LogP contribution in [0.4, 0.5) is 10.7 Å². The van der Waals surface area contributed by atoms with E-state index in [1.165, 1.54) is 17.4 Å². The molecule has 1 heterocycles. The molecule has 1 aromatic heterocycles. The summed E-state index contributed by atoms with van der Waals surface area (Å²) in [5.74, 6) is 0. The average molecular weight is 301 g/mol. The van der Waals surface area contributed by atoms with E-state index < -0.39 is 6.10 Å². The van der Waals surface area contributed by atoms with Gasteiger partial charge in [-0.1, -0.05) is 6.92 Å². The van der Waals surface area contributed by atoms with E-state index in [1.807, 2.05) is 19.0 Å². The van der Waals surface area contributed by atoms with Gasteiger partial charge in [0.05, 0.1) is 11.0 Å². The lowest BCUT2D eigenvalue weighted by Crippen LogP contribution is -2.32. The molecule has 0 aliphatic heterocycles. The van der Waals surface area contributed by atoms with Crippen molar-refractivity contribution >= 4 is 22.0 Å². The normalized spacial score (nSPS) is 12.7. The molecule has 0 saturated carbocycles. The summed E-state index contributed by atoms with van der Waals surface area (Å²) in [4.78, 5) is 15.6. The molecule has 20 heavy (non-hydrogen) atoms. The summed E-state index contributed by atoms with van der Waals surface area (Å²) < 4.78 is 0. The SMILES string of the molecule is CCCN(CCN(C)C)c1sc([C@@H](C)O)cc1[N+](=O)[O-]. The van der Waals surface area contributed by atoms with Gasteiger partial charge in [0, 0.05) is 30.6 Å². The smallest absolute Gasteiger partial charge is 0.304 e. The predicted molar refractivity (Wildman–Crippen MR) is 82.7 cm³/mol. The third-order valence-electron chi connectivity index (χ3n) is 2.92. The summed E-state index contributed by atoms with van der Waals surface area (Å²) in [5.41, 5.74) is 0.0955. The Kier molecular flexibility index (Phi) is 6.38. The lowest BCUT2D eigenvalue weighted by molar-refractivity contribution is -0.383. The molecule has 6 nitrogen and oxygen atoms in total. The highest BCUT2D eigenvalue weighted by molar-refractivity contribution is 7.16. The van der Waals surface area contributed by atoms with E-state index in [2.05, 4.69) is 11.8 Å². The zero-order valence-electron chi connectivity index (χ0n) is 12.5. The zero-order valence-corrected chi connectivity index (χ0v) is 13.3. The number of aliphatic hydroxyl groups excluding tert-OH is 1. The highest BCUT2D eigenvalue weighted by Crippen LogP contribution is 2.40. The second-order valence-corrected chi connectivity index (χ2v) is 6.12. The van der Waals surface area contributed by atoms with E-state index in [0.717, 1.165) is 26.1 Å². The topological polar surface area (TPSA) is 69.8 Å². The molecule has 1 rings (SSSR count). The van der Waals surface area contributed by atoms with Crippen molar-refractivity contribution in [3.63, 3.8) is 0 Å². The molecular weight excluding hydrogens is 278 g/mol. The quantitative estimate of drug-likeness (QED) is 0.590. The van der Waals surface area contributed by atoms with E-state index >= 15 is 0 Å². The van der Waals surface area contributed by atoms with Crippen molar-refractivity contribution in [2.24, 2.45) is 0 Å². The molecule has 0 aromatic carbocycles. The van der Waals surface area contributed by atoms with Crippen molar-refractivity contribution in [2.75, 3.05) is 38.6 Å². The molecular formula is C13H23N3O3S. The molecule has 0 amide bonds. The van der Waals surface area contributed by atoms with Crippen LogP contribution in [-0.4, -0.2) is 48.7 Å². The monoisotopic (exact) mass is 301 g/mol. The Morgan fingerprint density at radius 3 is 2.50 bits per heavy atom. The number of nitrogens with zero attached hydrogens (tertiary/aromatic N) is 3. The Morgan fingerprint density at radius 1 is 1.40 bits per heavy atom. The number of likely N-dealkylation sites (N-methyl/N-ethyl adjacent to an activating group) is 1. The van der Waals surface area contributed by atoms with Crippen LogP contribution >= 0.6 is 11.3 Å². The first-order chi connectivity index (χ1) is 9.36. The number of hydrogen-bond acceptors (Lipinski definition) is 6. The van der Waals surface area contributed by atoms with Crippen LogP contribution in [0.1, 0.15) is 31.2 Å². The Hall–Kier alpha value is -1.18. The Bertz CT molecular complexity index is 446. The van der Waals surface area contributed by atoms with E-state index in [-0.39, 0.29) is 10.6 Å². The maximum Gasteiger partial charge on any atom is 0.304 e. The number of anilines is 1. The van der Waals surface area contributed by atoms with Crippen molar-refractivity contribution in [3.8, 4) is 0 Å². The van der Waals surface area contributed by atoms with Crippen LogP contribution in [0.2, 0.25) is 0 Å². The third kappa shape index (κ3) is 4.43. The molecule has 0 aliphatic rings. The highest BCUT2D eigenvalue weighted by atomic mass is 32.1. The maximum atomic E-state index is 11.2. The van der Waals surface area contributed by atoms with Gasteiger partial charge in [0.2, 0.25) is 0 Å². The van der Waals surface area contributed by atoms with Crippen LogP contribution < -0.4 is 4.90 Å². The second kappa shape index (κ2) is 7.56. The standard InChI is InChI=1S/C13H23N3O3S/c1-5-6-15(8-7-14(3)4)13-11(16(18)19)9-12(20-13)10(2)17/h9-10,17H,5-8H2,1-4H3/t10-/m1/s1. The number of nitro groups is 1. The number of aliphatic hydroxyl groups is 1. The Morgan fingerprint density at radius 2 is 2.05 bits per heavy atom. The molecule has 0 bridgehead atoms. The van der Waals surface area contributed by atoms with E-state index in [0.29, 0.717) is 9.88 Å². The summed E-state index contributed by atoms with van der Waals surface area (Å²) in [7, 11) is 3.96. The molecule has 0 unspecified atom stereocenters. The molecule has 7 heteroatoms. The summed E-state index contributed by atoms with van der Waals surface area (Å²) in [6, 6.07) is 1.49. The largest absolute Gasteiger partial charge is 0.388 e. The lowest BCUT2D eigenvalue weighted by Gasteiger charge is -2.23. The molecule has 0 fully saturated rings. The molecule has 1 atom stereocenters. The molecule has 0 spiro atoms. The fraction of sp³-hybridized carbons (Fsp3) is 0.692. The first kappa shape index (κ1) is 16.9. The number of hydrogen-bond donors (Lipinski definition) is 1. The van der Waals surface area contributed by atoms with Crippen LogP contribution in [0.15, 0.2) is 6.07 Å². The summed E-state index contributed by atoms with van der Waals surface area (Å²) in [6.45, 7) is 6.02. The van der Waals surface area contributed by atoms with Gasteiger partial charge in [0.15, 0.2) is 5.00 Å². The maximum absolute atomic E-state index is 11.2. The van der Waals surface area contributed by atoms with E-state index in [1.54, 1.807) is 6.92 Å². The fourth-order valence-corrected chi connectivity index (χ4v) is 2.97. The minimum atomic E-state index is -0.676. The third-order valence-corrected chi connectivity index (χ3v) is 4.27.